The van der Waals surface area contributed by atoms with Crippen molar-refractivity contribution in [3.8, 4) is 0 Å². The third-order valence-corrected chi connectivity index (χ3v) is 5.46. The summed E-state index contributed by atoms with van der Waals surface area (Å²) in [6.45, 7) is 11.4. The molecule has 0 radical (unpaired) electrons. The van der Waals surface area contributed by atoms with Crippen molar-refractivity contribution in [2.24, 2.45) is 5.92 Å². The van der Waals surface area contributed by atoms with Crippen molar-refractivity contribution in [2.75, 3.05) is 57.3 Å². The van der Waals surface area contributed by atoms with Gasteiger partial charge < -0.3 is 14.5 Å². The van der Waals surface area contributed by atoms with Gasteiger partial charge in [0.2, 0.25) is 0 Å². The third kappa shape index (κ3) is 4.95. The molecular weight excluding hydrogens is 328 g/mol. The summed E-state index contributed by atoms with van der Waals surface area (Å²) in [5.74, 6) is 1.80. The van der Waals surface area contributed by atoms with E-state index in [1.54, 1.807) is 0 Å². The molecule has 1 aromatic heterocycles. The van der Waals surface area contributed by atoms with Crippen LogP contribution >= 0.6 is 0 Å². The van der Waals surface area contributed by atoms with E-state index in [-0.39, 0.29) is 12.0 Å². The summed E-state index contributed by atoms with van der Waals surface area (Å²) in [6.07, 6.45) is 3.86. The van der Waals surface area contributed by atoms with Gasteiger partial charge in [0.15, 0.2) is 0 Å². The van der Waals surface area contributed by atoms with E-state index >= 15 is 0 Å². The van der Waals surface area contributed by atoms with Gasteiger partial charge in [0, 0.05) is 58.6 Å². The Hall–Kier alpha value is -1.66. The summed E-state index contributed by atoms with van der Waals surface area (Å²) in [7, 11) is 0. The van der Waals surface area contributed by atoms with Gasteiger partial charge in [0.1, 0.15) is 11.9 Å². The number of amides is 1. The normalized spacial score (nSPS) is 23.1. The molecule has 26 heavy (non-hydrogen) atoms. The second kappa shape index (κ2) is 9.33. The van der Waals surface area contributed by atoms with E-state index in [4.69, 9.17) is 4.74 Å². The fourth-order valence-corrected chi connectivity index (χ4v) is 4.06. The molecule has 0 bridgehead atoms. The largest absolute Gasteiger partial charge is 0.369 e. The molecule has 2 fully saturated rings. The molecule has 0 saturated carbocycles. The number of hydrogen-bond acceptors (Lipinski definition) is 5. The van der Waals surface area contributed by atoms with Crippen molar-refractivity contribution in [2.45, 2.75) is 32.8 Å². The summed E-state index contributed by atoms with van der Waals surface area (Å²) in [4.78, 5) is 23.9. The van der Waals surface area contributed by atoms with Gasteiger partial charge >= 0.3 is 0 Å². The molecule has 144 valence electrons. The Kier molecular flexibility index (Phi) is 6.86. The topological polar surface area (TPSA) is 48.9 Å². The van der Waals surface area contributed by atoms with Gasteiger partial charge in [-0.05, 0) is 44.7 Å². The van der Waals surface area contributed by atoms with Gasteiger partial charge in [0.25, 0.3) is 5.91 Å². The first kappa shape index (κ1) is 19.1. The van der Waals surface area contributed by atoms with Crippen LogP contribution in [0.2, 0.25) is 0 Å². The molecule has 0 aliphatic carbocycles. The van der Waals surface area contributed by atoms with Gasteiger partial charge in [-0.1, -0.05) is 6.07 Å². The molecular formula is C20H32N4O2. The molecule has 2 atom stereocenters. The maximum atomic E-state index is 12.5. The molecule has 1 amide bonds. The smallest absolute Gasteiger partial charge is 0.251 e. The fraction of sp³-hybridized carbons (Fsp3) is 0.700. The minimum Gasteiger partial charge on any atom is -0.369 e. The number of piperidine rings is 1. The number of pyridine rings is 1. The molecule has 2 saturated heterocycles. The van der Waals surface area contributed by atoms with Crippen LogP contribution < -0.4 is 4.90 Å². The lowest BCUT2D eigenvalue weighted by atomic mass is 9.96. The lowest BCUT2D eigenvalue weighted by Crippen LogP contribution is -2.51. The van der Waals surface area contributed by atoms with E-state index in [0.717, 1.165) is 58.1 Å². The second-order valence-corrected chi connectivity index (χ2v) is 7.37. The first-order valence-electron chi connectivity index (χ1n) is 9.96. The molecule has 3 heterocycles. The maximum Gasteiger partial charge on any atom is 0.251 e. The minimum absolute atomic E-state index is 0.150. The Morgan fingerprint density at radius 3 is 2.77 bits per heavy atom. The highest BCUT2D eigenvalue weighted by molar-refractivity contribution is 5.80. The fourth-order valence-electron chi connectivity index (χ4n) is 4.06. The predicted molar refractivity (Wildman–Crippen MR) is 103 cm³/mol. The highest BCUT2D eigenvalue weighted by Gasteiger charge is 2.29. The summed E-state index contributed by atoms with van der Waals surface area (Å²) in [5.41, 5.74) is 0. The highest BCUT2D eigenvalue weighted by Crippen LogP contribution is 2.20. The predicted octanol–water partition coefficient (Wildman–Crippen LogP) is 1.87. The number of rotatable bonds is 6. The van der Waals surface area contributed by atoms with E-state index < -0.39 is 0 Å². The SMILES string of the molecule is CCOC(C)C(=O)N1CCCC(CN2CCN(c3ccccn3)CC2)C1. The van der Waals surface area contributed by atoms with E-state index in [9.17, 15) is 4.79 Å². The lowest BCUT2D eigenvalue weighted by molar-refractivity contribution is -0.144. The second-order valence-electron chi connectivity index (χ2n) is 7.37. The van der Waals surface area contributed by atoms with Gasteiger partial charge in [-0.3, -0.25) is 9.69 Å². The summed E-state index contributed by atoms with van der Waals surface area (Å²) in [5, 5.41) is 0. The molecule has 0 N–H and O–H groups in total. The van der Waals surface area contributed by atoms with Crippen LogP contribution in [0.1, 0.15) is 26.7 Å². The number of anilines is 1. The zero-order chi connectivity index (χ0) is 18.4. The Morgan fingerprint density at radius 1 is 1.27 bits per heavy atom. The Bertz CT molecular complexity index is 560. The van der Waals surface area contributed by atoms with E-state index in [1.165, 1.54) is 6.42 Å². The van der Waals surface area contributed by atoms with Crippen molar-refractivity contribution >= 4 is 11.7 Å². The molecule has 2 aliphatic heterocycles. The van der Waals surface area contributed by atoms with Gasteiger partial charge in [-0.25, -0.2) is 4.98 Å². The maximum absolute atomic E-state index is 12.5. The zero-order valence-electron chi connectivity index (χ0n) is 16.1. The molecule has 3 rings (SSSR count). The Labute approximate surface area is 157 Å². The van der Waals surface area contributed by atoms with Gasteiger partial charge in [-0.2, -0.15) is 0 Å². The Balaban J connectivity index is 1.45. The lowest BCUT2D eigenvalue weighted by Gasteiger charge is -2.40. The van der Waals surface area contributed by atoms with Gasteiger partial charge in [-0.15, -0.1) is 0 Å². The van der Waals surface area contributed by atoms with Crippen LogP contribution in [0.5, 0.6) is 0 Å². The molecule has 2 unspecified atom stereocenters. The van der Waals surface area contributed by atoms with E-state index in [2.05, 4.69) is 20.9 Å². The first-order valence-corrected chi connectivity index (χ1v) is 9.96. The molecule has 0 aromatic carbocycles. The third-order valence-electron chi connectivity index (χ3n) is 5.46. The van der Waals surface area contributed by atoms with Crippen LogP contribution in [0.25, 0.3) is 0 Å². The van der Waals surface area contributed by atoms with Crippen molar-refractivity contribution in [1.82, 2.24) is 14.8 Å². The van der Waals surface area contributed by atoms with Crippen molar-refractivity contribution < 1.29 is 9.53 Å². The molecule has 0 spiro atoms. The van der Waals surface area contributed by atoms with Crippen LogP contribution in [0.15, 0.2) is 24.4 Å². The average Bonchev–Trinajstić information content (AvgIpc) is 2.69. The number of nitrogens with zero attached hydrogens (tertiary/aromatic N) is 4. The molecule has 2 aliphatic rings. The first-order chi connectivity index (χ1) is 12.7. The number of hydrogen-bond donors (Lipinski definition) is 0. The molecule has 1 aromatic rings. The van der Waals surface area contributed by atoms with Gasteiger partial charge in [0.05, 0.1) is 0 Å². The summed E-state index contributed by atoms with van der Waals surface area (Å²) < 4.78 is 5.48. The number of likely N-dealkylation sites (tertiary alicyclic amines) is 1. The molecule has 6 heteroatoms. The minimum atomic E-state index is -0.319. The van der Waals surface area contributed by atoms with E-state index in [1.807, 2.05) is 37.1 Å². The van der Waals surface area contributed by atoms with Crippen molar-refractivity contribution in [3.05, 3.63) is 24.4 Å². The van der Waals surface area contributed by atoms with Crippen molar-refractivity contribution in [3.63, 3.8) is 0 Å². The number of carbonyl (C=O) groups is 1. The molecule has 6 nitrogen and oxygen atoms in total. The number of piperazine rings is 1. The van der Waals surface area contributed by atoms with Crippen LogP contribution in [-0.4, -0.2) is 79.2 Å². The number of carbonyl (C=O) groups excluding carboxylic acids is 1. The van der Waals surface area contributed by atoms with Crippen LogP contribution in [0, 0.1) is 5.92 Å². The summed E-state index contributed by atoms with van der Waals surface area (Å²) >= 11 is 0. The quantitative estimate of drug-likeness (QED) is 0.775. The van der Waals surface area contributed by atoms with Crippen LogP contribution in [0.4, 0.5) is 5.82 Å². The van der Waals surface area contributed by atoms with E-state index in [0.29, 0.717) is 12.5 Å². The summed E-state index contributed by atoms with van der Waals surface area (Å²) in [6, 6.07) is 6.09. The zero-order valence-corrected chi connectivity index (χ0v) is 16.1. The van der Waals surface area contributed by atoms with Crippen LogP contribution in [0.3, 0.4) is 0 Å². The average molecular weight is 361 g/mol. The monoisotopic (exact) mass is 360 g/mol. The number of ether oxygens (including phenoxy) is 1. The Morgan fingerprint density at radius 2 is 2.08 bits per heavy atom. The highest BCUT2D eigenvalue weighted by atomic mass is 16.5. The van der Waals surface area contributed by atoms with Crippen LogP contribution in [-0.2, 0) is 9.53 Å². The van der Waals surface area contributed by atoms with Crippen molar-refractivity contribution in [1.29, 1.82) is 0 Å². The number of aromatic nitrogens is 1. The standard InChI is InChI=1S/C20H32N4O2/c1-3-26-17(2)20(25)24-10-6-7-18(16-24)15-22-11-13-23(14-12-22)19-8-4-5-9-21-19/h4-5,8-9,17-18H,3,6-7,10-16H2,1-2H3.